The smallest absolute Gasteiger partial charge is 0.409 e. The van der Waals surface area contributed by atoms with Crippen LogP contribution in [-0.4, -0.2) is 42.8 Å². The minimum absolute atomic E-state index is 0.179. The average molecular weight is 212 g/mol. The van der Waals surface area contributed by atoms with Crippen LogP contribution in [0, 0.1) is 0 Å². The molecule has 4 heteroatoms. The summed E-state index contributed by atoms with van der Waals surface area (Å²) in [5.41, 5.74) is 0. The summed E-state index contributed by atoms with van der Waals surface area (Å²) in [5, 5.41) is 3.61. The van der Waals surface area contributed by atoms with Crippen molar-refractivity contribution in [1.29, 1.82) is 0 Å². The molecule has 0 radical (unpaired) electrons. The minimum Gasteiger partial charge on any atom is -0.453 e. The van der Waals surface area contributed by atoms with Crippen LogP contribution in [0.3, 0.4) is 0 Å². The van der Waals surface area contributed by atoms with Gasteiger partial charge in [0.1, 0.15) is 0 Å². The second kappa shape index (κ2) is 4.39. The Bertz CT molecular complexity index is 241. The van der Waals surface area contributed by atoms with E-state index in [-0.39, 0.29) is 6.09 Å². The van der Waals surface area contributed by atoms with Crippen LogP contribution in [0.1, 0.15) is 32.6 Å². The second-order valence-electron chi connectivity index (χ2n) is 4.48. The maximum atomic E-state index is 11.5. The van der Waals surface area contributed by atoms with Crippen molar-refractivity contribution >= 4 is 6.09 Å². The van der Waals surface area contributed by atoms with Crippen molar-refractivity contribution in [3.05, 3.63) is 0 Å². The van der Waals surface area contributed by atoms with Crippen LogP contribution in [0.4, 0.5) is 4.79 Å². The van der Waals surface area contributed by atoms with Crippen LogP contribution in [-0.2, 0) is 4.74 Å². The number of nitrogens with one attached hydrogen (secondary N) is 1. The highest BCUT2D eigenvalue weighted by Crippen LogP contribution is 2.26. The van der Waals surface area contributed by atoms with Gasteiger partial charge in [0.25, 0.3) is 0 Å². The molecule has 4 nitrogen and oxygen atoms in total. The van der Waals surface area contributed by atoms with Crippen LogP contribution in [0.2, 0.25) is 0 Å². The van der Waals surface area contributed by atoms with Gasteiger partial charge in [-0.3, -0.25) is 0 Å². The molecule has 2 aliphatic rings. The Balaban J connectivity index is 1.94. The van der Waals surface area contributed by atoms with Gasteiger partial charge >= 0.3 is 6.09 Å². The van der Waals surface area contributed by atoms with Gasteiger partial charge in [0.15, 0.2) is 0 Å². The summed E-state index contributed by atoms with van der Waals surface area (Å²) in [4.78, 5) is 13.4. The highest BCUT2D eigenvalue weighted by molar-refractivity contribution is 5.68. The molecule has 1 amide bonds. The van der Waals surface area contributed by atoms with Crippen molar-refractivity contribution in [2.24, 2.45) is 0 Å². The number of ether oxygens (including phenoxy) is 1. The van der Waals surface area contributed by atoms with Gasteiger partial charge in [-0.15, -0.1) is 0 Å². The number of nitrogens with zero attached hydrogens (tertiary/aromatic N) is 1. The normalized spacial score (nSPS) is 30.7. The molecule has 86 valence electrons. The molecule has 0 aromatic carbocycles. The molecular weight excluding hydrogens is 192 g/mol. The molecule has 2 atom stereocenters. The first-order valence-electron chi connectivity index (χ1n) is 5.87. The van der Waals surface area contributed by atoms with Gasteiger partial charge < -0.3 is 15.0 Å². The highest BCUT2D eigenvalue weighted by Gasteiger charge is 2.38. The molecule has 1 heterocycles. The molecule has 1 saturated heterocycles. The van der Waals surface area contributed by atoms with Gasteiger partial charge in [0, 0.05) is 18.6 Å². The summed E-state index contributed by atoms with van der Waals surface area (Å²) >= 11 is 0. The Labute approximate surface area is 91.0 Å². The molecular formula is C11H20N2O2. The maximum Gasteiger partial charge on any atom is 0.409 e. The van der Waals surface area contributed by atoms with Crippen molar-refractivity contribution in [3.8, 4) is 0 Å². The van der Waals surface area contributed by atoms with E-state index in [0.717, 1.165) is 19.4 Å². The number of carbonyl (C=O) groups is 1. The summed E-state index contributed by atoms with van der Waals surface area (Å²) < 4.78 is 4.79. The van der Waals surface area contributed by atoms with Crippen molar-refractivity contribution in [3.63, 3.8) is 0 Å². The first-order valence-corrected chi connectivity index (χ1v) is 5.87. The van der Waals surface area contributed by atoms with Gasteiger partial charge in [0.2, 0.25) is 0 Å². The predicted octanol–water partition coefficient (Wildman–Crippen LogP) is 1.36. The third kappa shape index (κ3) is 2.25. The third-order valence-corrected chi connectivity index (χ3v) is 3.40. The van der Waals surface area contributed by atoms with E-state index in [0.29, 0.717) is 18.1 Å². The van der Waals surface area contributed by atoms with Gasteiger partial charge in [-0.05, 0) is 25.7 Å². The fourth-order valence-electron chi connectivity index (χ4n) is 2.45. The summed E-state index contributed by atoms with van der Waals surface area (Å²) in [6.45, 7) is 2.96. The Morgan fingerprint density at radius 2 is 2.20 bits per heavy atom. The fraction of sp³-hybridized carbons (Fsp3) is 0.909. The Morgan fingerprint density at radius 3 is 2.73 bits per heavy atom. The van der Waals surface area contributed by atoms with Crippen LogP contribution in [0.5, 0.6) is 0 Å². The first kappa shape index (κ1) is 10.7. The lowest BCUT2D eigenvalue weighted by Crippen LogP contribution is -2.45. The lowest BCUT2D eigenvalue weighted by molar-refractivity contribution is 0.115. The van der Waals surface area contributed by atoms with E-state index in [2.05, 4.69) is 12.2 Å². The Kier molecular flexibility index (Phi) is 3.14. The molecule has 1 saturated carbocycles. The van der Waals surface area contributed by atoms with Crippen LogP contribution in [0.25, 0.3) is 0 Å². The maximum absolute atomic E-state index is 11.5. The molecule has 1 aliphatic heterocycles. The highest BCUT2D eigenvalue weighted by atomic mass is 16.5. The lowest BCUT2D eigenvalue weighted by atomic mass is 10.1. The Morgan fingerprint density at radius 1 is 1.47 bits per heavy atom. The van der Waals surface area contributed by atoms with Gasteiger partial charge in [-0.2, -0.15) is 0 Å². The topological polar surface area (TPSA) is 41.6 Å². The summed E-state index contributed by atoms with van der Waals surface area (Å²) in [7, 11) is 1.46. The molecule has 0 bridgehead atoms. The monoisotopic (exact) mass is 212 g/mol. The SMILES string of the molecule is CCC1C(NC2CC2)CCN1C(=O)OC. The molecule has 1 N–H and O–H groups in total. The van der Waals surface area contributed by atoms with E-state index in [1.165, 1.54) is 20.0 Å². The number of likely N-dealkylation sites (tertiary alicyclic amines) is 1. The zero-order valence-corrected chi connectivity index (χ0v) is 9.53. The zero-order valence-electron chi connectivity index (χ0n) is 9.53. The standard InChI is InChI=1S/C11H20N2O2/c1-3-10-9(12-8-4-5-8)6-7-13(10)11(14)15-2/h8-10,12H,3-7H2,1-2H3. The molecule has 0 aromatic rings. The Hall–Kier alpha value is -0.770. The van der Waals surface area contributed by atoms with Gasteiger partial charge in [-0.25, -0.2) is 4.79 Å². The van der Waals surface area contributed by atoms with E-state index in [1.807, 2.05) is 4.90 Å². The zero-order chi connectivity index (χ0) is 10.8. The molecule has 0 spiro atoms. The van der Waals surface area contributed by atoms with E-state index < -0.39 is 0 Å². The quantitative estimate of drug-likeness (QED) is 0.768. The van der Waals surface area contributed by atoms with Crippen LogP contribution < -0.4 is 5.32 Å². The summed E-state index contributed by atoms with van der Waals surface area (Å²) in [6.07, 6.45) is 4.47. The number of rotatable bonds is 3. The third-order valence-electron chi connectivity index (χ3n) is 3.40. The predicted molar refractivity (Wildman–Crippen MR) is 57.8 cm³/mol. The van der Waals surface area contributed by atoms with Crippen LogP contribution >= 0.6 is 0 Å². The van der Waals surface area contributed by atoms with E-state index >= 15 is 0 Å². The molecule has 15 heavy (non-hydrogen) atoms. The number of methoxy groups -OCH3 is 1. The van der Waals surface area contributed by atoms with E-state index in [1.54, 1.807) is 0 Å². The first-order chi connectivity index (χ1) is 7.26. The largest absolute Gasteiger partial charge is 0.453 e. The van der Waals surface area contributed by atoms with Gasteiger partial charge in [0.05, 0.1) is 13.2 Å². The molecule has 2 unspecified atom stereocenters. The lowest BCUT2D eigenvalue weighted by Gasteiger charge is -2.26. The summed E-state index contributed by atoms with van der Waals surface area (Å²) in [6, 6.07) is 1.50. The second-order valence-corrected chi connectivity index (χ2v) is 4.48. The molecule has 0 aromatic heterocycles. The van der Waals surface area contributed by atoms with Crippen molar-refractivity contribution in [1.82, 2.24) is 10.2 Å². The van der Waals surface area contributed by atoms with Crippen molar-refractivity contribution in [2.45, 2.75) is 50.7 Å². The van der Waals surface area contributed by atoms with E-state index in [4.69, 9.17) is 4.74 Å². The van der Waals surface area contributed by atoms with Gasteiger partial charge in [-0.1, -0.05) is 6.92 Å². The van der Waals surface area contributed by atoms with Crippen molar-refractivity contribution in [2.75, 3.05) is 13.7 Å². The van der Waals surface area contributed by atoms with Crippen LogP contribution in [0.15, 0.2) is 0 Å². The fourth-order valence-corrected chi connectivity index (χ4v) is 2.45. The number of hydrogen-bond donors (Lipinski definition) is 1. The molecule has 2 rings (SSSR count). The number of amides is 1. The number of carbonyl (C=O) groups excluding carboxylic acids is 1. The molecule has 2 fully saturated rings. The molecule has 1 aliphatic carbocycles. The summed E-state index contributed by atoms with van der Waals surface area (Å²) in [5.74, 6) is 0. The number of hydrogen-bond acceptors (Lipinski definition) is 3. The van der Waals surface area contributed by atoms with E-state index in [9.17, 15) is 4.79 Å². The van der Waals surface area contributed by atoms with Crippen molar-refractivity contribution < 1.29 is 9.53 Å². The minimum atomic E-state index is -0.179. The average Bonchev–Trinajstić information content (AvgIpc) is 2.96.